The summed E-state index contributed by atoms with van der Waals surface area (Å²) in [6, 6.07) is 10.0. The topological polar surface area (TPSA) is 85.3 Å². The third-order valence-electron chi connectivity index (χ3n) is 5.85. The first-order valence-electron chi connectivity index (χ1n) is 10.5. The maximum atomic E-state index is 13.0. The van der Waals surface area contributed by atoms with E-state index >= 15 is 0 Å². The number of fused-ring (bicyclic) bond motifs is 2. The highest BCUT2D eigenvalue weighted by Crippen LogP contribution is 2.43. The van der Waals surface area contributed by atoms with Crippen molar-refractivity contribution in [3.05, 3.63) is 58.7 Å². The van der Waals surface area contributed by atoms with Crippen LogP contribution in [0.25, 0.3) is 5.76 Å². The lowest BCUT2D eigenvalue weighted by Gasteiger charge is -2.26. The molecular weight excluding hydrogens is 398 g/mol. The summed E-state index contributed by atoms with van der Waals surface area (Å²) in [5, 5.41) is 11.2. The maximum Gasteiger partial charge on any atom is 0.295 e. The Morgan fingerprint density at radius 3 is 2.55 bits per heavy atom. The number of nitrogens with zero attached hydrogens (tertiary/aromatic N) is 1. The molecule has 0 spiro atoms. The van der Waals surface area contributed by atoms with Crippen molar-refractivity contribution in [1.82, 2.24) is 4.90 Å². The fourth-order valence-corrected chi connectivity index (χ4v) is 4.42. The largest absolute Gasteiger partial charge is 0.507 e. The molecule has 0 radical (unpaired) electrons. The van der Waals surface area contributed by atoms with Gasteiger partial charge in [0.05, 0.1) is 18.2 Å². The van der Waals surface area contributed by atoms with Gasteiger partial charge in [-0.1, -0.05) is 13.0 Å². The van der Waals surface area contributed by atoms with Gasteiger partial charge in [0.2, 0.25) is 0 Å². The number of rotatable bonds is 4. The number of carbonyl (C=O) groups excluding carboxylic acids is 2. The van der Waals surface area contributed by atoms with Crippen molar-refractivity contribution < 1.29 is 28.9 Å². The van der Waals surface area contributed by atoms with Crippen molar-refractivity contribution in [3.8, 4) is 17.2 Å². The number of aliphatic hydroxyl groups excluding tert-OH is 1. The molecule has 7 nitrogen and oxygen atoms in total. The second kappa shape index (κ2) is 7.65. The van der Waals surface area contributed by atoms with Gasteiger partial charge in [-0.3, -0.25) is 9.59 Å². The lowest BCUT2D eigenvalue weighted by Crippen LogP contribution is -2.30. The lowest BCUT2D eigenvalue weighted by molar-refractivity contribution is -0.139. The summed E-state index contributed by atoms with van der Waals surface area (Å²) < 4.78 is 16.8. The zero-order valence-corrected chi connectivity index (χ0v) is 17.2. The van der Waals surface area contributed by atoms with E-state index in [9.17, 15) is 14.7 Å². The molecule has 31 heavy (non-hydrogen) atoms. The molecule has 2 aromatic carbocycles. The average Bonchev–Trinajstić information content (AvgIpc) is 3.36. The van der Waals surface area contributed by atoms with Gasteiger partial charge >= 0.3 is 0 Å². The van der Waals surface area contributed by atoms with Crippen LogP contribution in [0.5, 0.6) is 17.2 Å². The Labute approximate surface area is 179 Å². The second-order valence-electron chi connectivity index (χ2n) is 7.82. The van der Waals surface area contributed by atoms with E-state index in [1.54, 1.807) is 24.3 Å². The minimum atomic E-state index is -0.694. The second-order valence-corrected chi connectivity index (χ2v) is 7.82. The van der Waals surface area contributed by atoms with E-state index in [1.807, 2.05) is 19.1 Å². The standard InChI is InChI=1S/C24H23NO6/c1-2-8-25-21(15-3-6-18-19(13-15)31-11-10-30-18)20(23(27)24(25)28)22(26)16-4-5-17-14(12-16)7-9-29-17/h3-6,12-13,21,26H,2,7-11H2,1H3/b22-20-. The smallest absolute Gasteiger partial charge is 0.295 e. The zero-order valence-electron chi connectivity index (χ0n) is 17.2. The van der Waals surface area contributed by atoms with Gasteiger partial charge in [-0.05, 0) is 47.9 Å². The molecule has 3 heterocycles. The molecule has 1 unspecified atom stereocenters. The molecule has 0 aromatic heterocycles. The zero-order chi connectivity index (χ0) is 21.5. The van der Waals surface area contributed by atoms with Gasteiger partial charge < -0.3 is 24.2 Å². The Bertz CT molecular complexity index is 1110. The molecule has 7 heteroatoms. The summed E-state index contributed by atoms with van der Waals surface area (Å²) in [5.41, 5.74) is 2.26. The Balaban J connectivity index is 1.64. The molecule has 3 aliphatic rings. The maximum absolute atomic E-state index is 13.0. The van der Waals surface area contributed by atoms with Crippen LogP contribution in [0, 0.1) is 0 Å². The predicted molar refractivity (Wildman–Crippen MR) is 112 cm³/mol. The lowest BCUT2D eigenvalue weighted by atomic mass is 9.94. The number of amides is 1. The van der Waals surface area contributed by atoms with Crippen molar-refractivity contribution in [2.24, 2.45) is 0 Å². The van der Waals surface area contributed by atoms with Crippen LogP contribution in [0.15, 0.2) is 42.0 Å². The molecule has 1 N–H and O–H groups in total. The first kappa shape index (κ1) is 19.5. The van der Waals surface area contributed by atoms with Gasteiger partial charge in [-0.25, -0.2) is 0 Å². The summed E-state index contributed by atoms with van der Waals surface area (Å²) in [4.78, 5) is 27.4. The van der Waals surface area contributed by atoms with E-state index in [0.717, 1.165) is 17.7 Å². The monoisotopic (exact) mass is 421 g/mol. The van der Waals surface area contributed by atoms with Gasteiger partial charge in [0.25, 0.3) is 11.7 Å². The van der Waals surface area contributed by atoms with Crippen LogP contribution in [0.1, 0.15) is 36.1 Å². The first-order valence-corrected chi connectivity index (χ1v) is 10.5. The Kier molecular flexibility index (Phi) is 4.81. The van der Waals surface area contributed by atoms with Gasteiger partial charge in [0, 0.05) is 18.5 Å². The highest BCUT2D eigenvalue weighted by Gasteiger charge is 2.46. The number of Topliss-reactive ketones (excluding diaryl/α,β-unsaturated/α-hetero) is 1. The van der Waals surface area contributed by atoms with E-state index in [1.165, 1.54) is 4.90 Å². The molecule has 1 fully saturated rings. The van der Waals surface area contributed by atoms with Crippen LogP contribution < -0.4 is 14.2 Å². The molecule has 1 saturated heterocycles. The number of aliphatic hydroxyl groups is 1. The van der Waals surface area contributed by atoms with Crippen LogP contribution >= 0.6 is 0 Å². The SMILES string of the molecule is CCCN1C(=O)C(=O)/C(=C(\O)c2ccc3c(c2)CCO3)C1c1ccc2c(c1)OCCO2. The quantitative estimate of drug-likeness (QED) is 0.464. The first-order chi connectivity index (χ1) is 15.1. The van der Waals surface area contributed by atoms with E-state index in [0.29, 0.717) is 55.4 Å². The number of likely N-dealkylation sites (tertiary alicyclic amines) is 1. The van der Waals surface area contributed by atoms with Crippen LogP contribution in [-0.2, 0) is 16.0 Å². The molecule has 3 aliphatic heterocycles. The third-order valence-corrected chi connectivity index (χ3v) is 5.85. The van der Waals surface area contributed by atoms with Gasteiger partial charge in [0.15, 0.2) is 11.5 Å². The fraction of sp³-hybridized carbons (Fsp3) is 0.333. The molecule has 0 bridgehead atoms. The predicted octanol–water partition coefficient (Wildman–Crippen LogP) is 3.22. The molecule has 160 valence electrons. The average molecular weight is 421 g/mol. The number of hydrogen-bond donors (Lipinski definition) is 1. The van der Waals surface area contributed by atoms with E-state index in [-0.39, 0.29) is 11.3 Å². The van der Waals surface area contributed by atoms with Gasteiger partial charge in [0.1, 0.15) is 24.7 Å². The molecule has 0 saturated carbocycles. The molecule has 2 aromatic rings. The number of ketones is 1. The normalized spacial score (nSPS) is 21.2. The van der Waals surface area contributed by atoms with Crippen molar-refractivity contribution in [1.29, 1.82) is 0 Å². The molecule has 1 atom stereocenters. The Morgan fingerprint density at radius 2 is 1.74 bits per heavy atom. The number of ether oxygens (including phenoxy) is 3. The number of benzene rings is 2. The van der Waals surface area contributed by atoms with Gasteiger partial charge in [-0.2, -0.15) is 0 Å². The van der Waals surface area contributed by atoms with Crippen molar-refractivity contribution in [3.63, 3.8) is 0 Å². The summed E-state index contributed by atoms with van der Waals surface area (Å²) in [5.74, 6) is 0.523. The van der Waals surface area contributed by atoms with Crippen molar-refractivity contribution in [2.75, 3.05) is 26.4 Å². The van der Waals surface area contributed by atoms with Crippen molar-refractivity contribution in [2.45, 2.75) is 25.8 Å². The van der Waals surface area contributed by atoms with Crippen LogP contribution in [0.2, 0.25) is 0 Å². The minimum Gasteiger partial charge on any atom is -0.507 e. The van der Waals surface area contributed by atoms with E-state index < -0.39 is 17.7 Å². The minimum absolute atomic E-state index is 0.0917. The van der Waals surface area contributed by atoms with Crippen LogP contribution in [0.4, 0.5) is 0 Å². The van der Waals surface area contributed by atoms with E-state index in [4.69, 9.17) is 14.2 Å². The van der Waals surface area contributed by atoms with E-state index in [2.05, 4.69) is 0 Å². The summed E-state index contributed by atoms with van der Waals surface area (Å²) in [6.07, 6.45) is 1.43. The highest BCUT2D eigenvalue weighted by atomic mass is 16.6. The van der Waals surface area contributed by atoms with Crippen LogP contribution in [0.3, 0.4) is 0 Å². The molecule has 1 amide bonds. The molecular formula is C24H23NO6. The third kappa shape index (κ3) is 3.21. The highest BCUT2D eigenvalue weighted by molar-refractivity contribution is 6.46. The summed E-state index contributed by atoms with van der Waals surface area (Å²) in [6.45, 7) is 3.85. The Hall–Kier alpha value is -3.48. The number of hydrogen-bond acceptors (Lipinski definition) is 6. The van der Waals surface area contributed by atoms with Crippen LogP contribution in [-0.4, -0.2) is 48.1 Å². The summed E-state index contributed by atoms with van der Waals surface area (Å²) >= 11 is 0. The number of carbonyl (C=O) groups is 2. The molecule has 0 aliphatic carbocycles. The fourth-order valence-electron chi connectivity index (χ4n) is 4.42. The van der Waals surface area contributed by atoms with Gasteiger partial charge in [-0.15, -0.1) is 0 Å². The molecule has 5 rings (SSSR count). The van der Waals surface area contributed by atoms with Crippen molar-refractivity contribution >= 4 is 17.4 Å². The Morgan fingerprint density at radius 1 is 1.00 bits per heavy atom. The summed E-state index contributed by atoms with van der Waals surface area (Å²) in [7, 11) is 0.